The van der Waals surface area contributed by atoms with Gasteiger partial charge in [-0.25, -0.2) is 9.78 Å². The van der Waals surface area contributed by atoms with Gasteiger partial charge < -0.3 is 20.6 Å². The zero-order valence-corrected chi connectivity index (χ0v) is 11.7. The molecular formula is C15H18N2O4. The number of rotatable bonds is 6. The fourth-order valence-electron chi connectivity index (χ4n) is 2.15. The number of benzene rings is 1. The van der Waals surface area contributed by atoms with Gasteiger partial charge in [0.05, 0.1) is 24.3 Å². The molecule has 0 aliphatic heterocycles. The van der Waals surface area contributed by atoms with Crippen molar-refractivity contribution in [3.8, 4) is 0 Å². The van der Waals surface area contributed by atoms with Crippen molar-refractivity contribution >= 4 is 22.6 Å². The largest absolute Gasteiger partial charge is 0.478 e. The highest BCUT2D eigenvalue weighted by Crippen LogP contribution is 2.27. The number of nitrogens with zero attached hydrogens (tertiary/aromatic N) is 1. The third kappa shape index (κ3) is 2.81. The Balaban J connectivity index is 2.56. The summed E-state index contributed by atoms with van der Waals surface area (Å²) < 4.78 is 0. The maximum Gasteiger partial charge on any atom is 0.337 e. The summed E-state index contributed by atoms with van der Waals surface area (Å²) in [5.41, 5.74) is -0.771. The molecule has 6 heteroatoms. The molecule has 1 heterocycles. The molecule has 0 bridgehead atoms. The summed E-state index contributed by atoms with van der Waals surface area (Å²) in [7, 11) is 0. The smallest absolute Gasteiger partial charge is 0.337 e. The molecule has 1 aromatic carbocycles. The minimum atomic E-state index is -1.05. The third-order valence-corrected chi connectivity index (χ3v) is 3.69. The number of anilines is 1. The number of aliphatic hydroxyl groups excluding tert-OH is 2. The fraction of sp³-hybridized carbons (Fsp3) is 0.333. The highest BCUT2D eigenvalue weighted by atomic mass is 16.4. The van der Waals surface area contributed by atoms with Crippen molar-refractivity contribution in [1.82, 2.24) is 4.98 Å². The van der Waals surface area contributed by atoms with Gasteiger partial charge in [-0.2, -0.15) is 0 Å². The Labute approximate surface area is 122 Å². The molecular weight excluding hydrogens is 272 g/mol. The van der Waals surface area contributed by atoms with E-state index in [9.17, 15) is 20.1 Å². The summed E-state index contributed by atoms with van der Waals surface area (Å²) in [4.78, 5) is 15.4. The number of fused-ring (bicyclic) bond motifs is 1. The quantitative estimate of drug-likeness (QED) is 0.642. The summed E-state index contributed by atoms with van der Waals surface area (Å²) in [5, 5.41) is 32.5. The second kappa shape index (κ2) is 6.07. The summed E-state index contributed by atoms with van der Waals surface area (Å²) in [6.07, 6.45) is 1.78. The van der Waals surface area contributed by atoms with Crippen molar-refractivity contribution in [2.75, 3.05) is 18.5 Å². The molecule has 0 spiro atoms. The van der Waals surface area contributed by atoms with Crippen LogP contribution in [0.3, 0.4) is 0 Å². The predicted molar refractivity (Wildman–Crippen MR) is 79.5 cm³/mol. The van der Waals surface area contributed by atoms with Crippen LogP contribution in [0.5, 0.6) is 0 Å². The second-order valence-electron chi connectivity index (χ2n) is 4.95. The molecule has 0 amide bonds. The fourth-order valence-corrected chi connectivity index (χ4v) is 2.15. The van der Waals surface area contributed by atoms with Crippen LogP contribution < -0.4 is 5.32 Å². The van der Waals surface area contributed by atoms with Gasteiger partial charge in [-0.1, -0.05) is 31.2 Å². The van der Waals surface area contributed by atoms with Gasteiger partial charge in [0.25, 0.3) is 0 Å². The highest BCUT2D eigenvalue weighted by molar-refractivity contribution is 6.06. The summed E-state index contributed by atoms with van der Waals surface area (Å²) in [6.45, 7) is 1.33. The van der Waals surface area contributed by atoms with Crippen LogP contribution in [-0.4, -0.2) is 45.0 Å². The molecule has 2 rings (SSSR count). The van der Waals surface area contributed by atoms with Crippen molar-refractivity contribution in [1.29, 1.82) is 0 Å². The first-order valence-corrected chi connectivity index (χ1v) is 6.68. The Morgan fingerprint density at radius 3 is 2.38 bits per heavy atom. The first kappa shape index (κ1) is 15.2. The van der Waals surface area contributed by atoms with Crippen LogP contribution in [0.25, 0.3) is 10.8 Å². The molecule has 6 nitrogen and oxygen atoms in total. The number of aromatic nitrogens is 1. The first-order chi connectivity index (χ1) is 10.1. The van der Waals surface area contributed by atoms with Crippen LogP contribution in [0.4, 0.5) is 5.82 Å². The van der Waals surface area contributed by atoms with Gasteiger partial charge in [0.1, 0.15) is 5.82 Å². The van der Waals surface area contributed by atoms with Crippen molar-refractivity contribution in [2.45, 2.75) is 18.9 Å². The van der Waals surface area contributed by atoms with Crippen molar-refractivity contribution < 1.29 is 20.1 Å². The number of hydrogen-bond acceptors (Lipinski definition) is 5. The monoisotopic (exact) mass is 290 g/mol. The van der Waals surface area contributed by atoms with E-state index in [1.807, 2.05) is 6.92 Å². The molecule has 0 radical (unpaired) electrons. The molecule has 0 aliphatic rings. The number of carbonyl (C=O) groups is 1. The Hall–Kier alpha value is -2.18. The van der Waals surface area contributed by atoms with E-state index < -0.39 is 11.5 Å². The summed E-state index contributed by atoms with van der Waals surface area (Å²) >= 11 is 0. The lowest BCUT2D eigenvalue weighted by Crippen LogP contribution is -2.45. The number of carboxylic acids is 1. The van der Waals surface area contributed by atoms with E-state index in [1.165, 1.54) is 6.20 Å². The molecule has 0 fully saturated rings. The van der Waals surface area contributed by atoms with E-state index in [2.05, 4.69) is 10.3 Å². The lowest BCUT2D eigenvalue weighted by Gasteiger charge is -2.30. The van der Waals surface area contributed by atoms with E-state index in [4.69, 9.17) is 0 Å². The van der Waals surface area contributed by atoms with Crippen molar-refractivity contribution in [3.63, 3.8) is 0 Å². The molecule has 0 saturated heterocycles. The number of nitrogens with one attached hydrogen (secondary N) is 1. The number of aliphatic hydroxyl groups is 2. The van der Waals surface area contributed by atoms with Gasteiger partial charge in [0, 0.05) is 17.0 Å². The number of carboxylic acid groups (broad SMARTS) is 1. The SMILES string of the molecule is CCC(CO)(CO)Nc1ncc(C(=O)O)c2ccccc12. The minimum Gasteiger partial charge on any atom is -0.478 e. The molecule has 112 valence electrons. The van der Waals surface area contributed by atoms with Crippen LogP contribution in [0.2, 0.25) is 0 Å². The molecule has 0 unspecified atom stereocenters. The van der Waals surface area contributed by atoms with E-state index in [0.717, 1.165) is 0 Å². The van der Waals surface area contributed by atoms with Crippen molar-refractivity contribution in [2.24, 2.45) is 0 Å². The molecule has 0 aliphatic carbocycles. The Morgan fingerprint density at radius 2 is 1.86 bits per heavy atom. The Morgan fingerprint density at radius 1 is 1.24 bits per heavy atom. The van der Waals surface area contributed by atoms with E-state index in [0.29, 0.717) is 23.0 Å². The zero-order valence-electron chi connectivity index (χ0n) is 11.7. The number of pyridine rings is 1. The van der Waals surface area contributed by atoms with Crippen LogP contribution >= 0.6 is 0 Å². The first-order valence-electron chi connectivity index (χ1n) is 6.68. The van der Waals surface area contributed by atoms with Gasteiger partial charge >= 0.3 is 5.97 Å². The topological polar surface area (TPSA) is 103 Å². The van der Waals surface area contributed by atoms with Crippen LogP contribution in [0.15, 0.2) is 30.5 Å². The predicted octanol–water partition coefficient (Wildman–Crippen LogP) is 1.48. The van der Waals surface area contributed by atoms with Gasteiger partial charge in [-0.15, -0.1) is 0 Å². The van der Waals surface area contributed by atoms with Crippen LogP contribution in [-0.2, 0) is 0 Å². The maximum atomic E-state index is 11.2. The van der Waals surface area contributed by atoms with E-state index in [1.54, 1.807) is 24.3 Å². The number of hydrogen-bond donors (Lipinski definition) is 4. The molecule has 21 heavy (non-hydrogen) atoms. The second-order valence-corrected chi connectivity index (χ2v) is 4.95. The number of aromatic carboxylic acids is 1. The summed E-state index contributed by atoms with van der Waals surface area (Å²) in [5.74, 6) is -0.600. The van der Waals surface area contributed by atoms with Gasteiger partial charge in [-0.3, -0.25) is 0 Å². The average molecular weight is 290 g/mol. The van der Waals surface area contributed by atoms with Gasteiger partial charge in [-0.05, 0) is 6.42 Å². The average Bonchev–Trinajstić information content (AvgIpc) is 2.52. The lowest BCUT2D eigenvalue weighted by atomic mass is 9.97. The zero-order chi connectivity index (χ0) is 15.5. The van der Waals surface area contributed by atoms with Gasteiger partial charge in [0.15, 0.2) is 0 Å². The van der Waals surface area contributed by atoms with Gasteiger partial charge in [0.2, 0.25) is 0 Å². The van der Waals surface area contributed by atoms with Crippen LogP contribution in [0.1, 0.15) is 23.7 Å². The van der Waals surface area contributed by atoms with E-state index >= 15 is 0 Å². The van der Waals surface area contributed by atoms with E-state index in [-0.39, 0.29) is 18.8 Å². The van der Waals surface area contributed by atoms with Crippen molar-refractivity contribution in [3.05, 3.63) is 36.0 Å². The highest BCUT2D eigenvalue weighted by Gasteiger charge is 2.27. The molecule has 1 aromatic heterocycles. The maximum absolute atomic E-state index is 11.2. The standard InChI is InChI=1S/C15H18N2O4/c1-2-15(8-18,9-19)17-13-11-6-4-3-5-10(11)12(7-16-13)14(20)21/h3-7,18-19H,2,8-9H2,1H3,(H,16,17)(H,20,21). The van der Waals surface area contributed by atoms with Crippen LogP contribution in [0, 0.1) is 0 Å². The molecule has 4 N–H and O–H groups in total. The molecule has 2 aromatic rings. The minimum absolute atomic E-state index is 0.117. The third-order valence-electron chi connectivity index (χ3n) is 3.69. The Kier molecular flexibility index (Phi) is 4.40. The summed E-state index contributed by atoms with van der Waals surface area (Å²) in [6, 6.07) is 7.00. The molecule has 0 atom stereocenters. The lowest BCUT2D eigenvalue weighted by molar-refractivity contribution is 0.0698. The molecule has 0 saturated carbocycles. The normalized spacial score (nSPS) is 11.6. The Bertz CT molecular complexity index is 645.